The summed E-state index contributed by atoms with van der Waals surface area (Å²) in [6.07, 6.45) is -4.54. The van der Waals surface area contributed by atoms with Gasteiger partial charge < -0.3 is 4.57 Å². The van der Waals surface area contributed by atoms with Crippen molar-refractivity contribution in [2.24, 2.45) is 0 Å². The van der Waals surface area contributed by atoms with Crippen molar-refractivity contribution < 1.29 is 13.2 Å². The number of fused-ring (bicyclic) bond motifs is 3. The Morgan fingerprint density at radius 2 is 0.814 bits per heavy atom. The van der Waals surface area contributed by atoms with Crippen LogP contribution in [-0.4, -0.2) is 24.5 Å². The number of halogens is 3. The van der Waals surface area contributed by atoms with Gasteiger partial charge in [0.15, 0.2) is 11.6 Å². The van der Waals surface area contributed by atoms with E-state index >= 15 is 0 Å². The fourth-order valence-electron chi connectivity index (χ4n) is 7.63. The maximum absolute atomic E-state index is 14.4. The number of nitrogens with zero attached hydrogens (tertiary/aromatic N) is 5. The van der Waals surface area contributed by atoms with Gasteiger partial charge in [0.2, 0.25) is 0 Å². The van der Waals surface area contributed by atoms with Gasteiger partial charge in [-0.1, -0.05) is 152 Å². The Bertz CT molecular complexity index is 3010. The van der Waals surface area contributed by atoms with E-state index in [4.69, 9.17) is 19.9 Å². The average Bonchev–Trinajstić information content (AvgIpc) is 3.63. The van der Waals surface area contributed by atoms with Crippen LogP contribution in [0.1, 0.15) is 5.56 Å². The maximum atomic E-state index is 14.4. The maximum Gasteiger partial charge on any atom is 0.416 e. The van der Waals surface area contributed by atoms with Gasteiger partial charge in [-0.15, -0.1) is 0 Å². The SMILES string of the molecule is FC(F)(F)c1ccc2c3ccccc3n(-c3ccc(-c4cc(-c5ccccc5)nc(-c5ccccc5)n4)cc3-c3cc(-c4ccccc4)nc(-c4ccccc4)n3)c2c1. The molecule has 0 radical (unpaired) electrons. The summed E-state index contributed by atoms with van der Waals surface area (Å²) >= 11 is 0. The van der Waals surface area contributed by atoms with Crippen LogP contribution in [0.3, 0.4) is 0 Å². The summed E-state index contributed by atoms with van der Waals surface area (Å²) in [6.45, 7) is 0. The van der Waals surface area contributed by atoms with Gasteiger partial charge >= 0.3 is 6.18 Å². The molecule has 3 aromatic heterocycles. The third-order valence-corrected chi connectivity index (χ3v) is 10.5. The van der Waals surface area contributed by atoms with Crippen LogP contribution in [0.5, 0.6) is 0 Å². The van der Waals surface area contributed by atoms with Gasteiger partial charge in [0.1, 0.15) is 0 Å². The van der Waals surface area contributed by atoms with E-state index in [9.17, 15) is 13.2 Å². The Morgan fingerprint density at radius 3 is 1.37 bits per heavy atom. The Kier molecular flexibility index (Phi) is 8.87. The van der Waals surface area contributed by atoms with Crippen LogP contribution in [0.2, 0.25) is 0 Å². The highest BCUT2D eigenvalue weighted by Crippen LogP contribution is 2.41. The van der Waals surface area contributed by atoms with E-state index in [1.807, 2.05) is 180 Å². The molecule has 3 heterocycles. The van der Waals surface area contributed by atoms with Crippen molar-refractivity contribution in [3.05, 3.63) is 200 Å². The fourth-order valence-corrected chi connectivity index (χ4v) is 7.63. The minimum Gasteiger partial charge on any atom is -0.309 e. The lowest BCUT2D eigenvalue weighted by atomic mass is 9.99. The molecule has 10 rings (SSSR count). The standard InChI is InChI=1S/C51H32F3N5/c52-51(53,54)38-26-27-40-39-23-13-14-24-46(39)59(48(40)30-38)47-28-25-37(44-31-42(33-15-5-1-6-16-33)55-49(57-44)35-19-9-3-10-20-35)29-41(47)45-32-43(34-17-7-2-8-18-34)56-50(58-45)36-21-11-4-12-22-36/h1-32H. The lowest BCUT2D eigenvalue weighted by Crippen LogP contribution is -2.05. The number of para-hydroxylation sites is 1. The normalized spacial score (nSPS) is 11.6. The highest BCUT2D eigenvalue weighted by atomic mass is 19.4. The molecule has 0 saturated heterocycles. The zero-order valence-corrected chi connectivity index (χ0v) is 31.3. The summed E-state index contributed by atoms with van der Waals surface area (Å²) in [5, 5.41) is 1.54. The second kappa shape index (κ2) is 14.7. The van der Waals surface area contributed by atoms with Crippen molar-refractivity contribution in [3.63, 3.8) is 0 Å². The molecule has 59 heavy (non-hydrogen) atoms. The number of benzene rings is 7. The van der Waals surface area contributed by atoms with E-state index in [0.717, 1.165) is 50.5 Å². The lowest BCUT2D eigenvalue weighted by molar-refractivity contribution is -0.137. The molecule has 0 unspecified atom stereocenters. The molecule has 0 spiro atoms. The Hall–Kier alpha value is -7.71. The summed E-state index contributed by atoms with van der Waals surface area (Å²) in [5.41, 5.74) is 8.81. The average molecular weight is 772 g/mol. The molecule has 0 aliphatic rings. The van der Waals surface area contributed by atoms with Gasteiger partial charge in [0.25, 0.3) is 0 Å². The number of hydrogen-bond acceptors (Lipinski definition) is 4. The topological polar surface area (TPSA) is 56.5 Å². The van der Waals surface area contributed by atoms with Gasteiger partial charge in [0.05, 0.1) is 45.1 Å². The summed E-state index contributed by atoms with van der Waals surface area (Å²) in [4.78, 5) is 20.4. The predicted octanol–water partition coefficient (Wildman–Crippen LogP) is 13.4. The van der Waals surface area contributed by atoms with E-state index in [2.05, 4.69) is 0 Å². The molecule has 0 aliphatic carbocycles. The third kappa shape index (κ3) is 6.80. The molecule has 0 atom stereocenters. The molecule has 0 N–H and O–H groups in total. The van der Waals surface area contributed by atoms with Crippen LogP contribution in [0.4, 0.5) is 13.2 Å². The molecular weight excluding hydrogens is 740 g/mol. The Labute approximate surface area is 337 Å². The van der Waals surface area contributed by atoms with Gasteiger partial charge in [-0.3, -0.25) is 0 Å². The first-order chi connectivity index (χ1) is 28.9. The number of hydrogen-bond donors (Lipinski definition) is 0. The van der Waals surface area contributed by atoms with Crippen LogP contribution in [0.15, 0.2) is 194 Å². The number of alkyl halides is 3. The fraction of sp³-hybridized carbons (Fsp3) is 0.0196. The molecule has 282 valence electrons. The molecule has 0 amide bonds. The molecule has 10 aromatic rings. The lowest BCUT2D eigenvalue weighted by Gasteiger charge is -2.18. The monoisotopic (exact) mass is 771 g/mol. The van der Waals surface area contributed by atoms with Gasteiger partial charge in [-0.05, 0) is 42.5 Å². The first-order valence-corrected chi connectivity index (χ1v) is 19.1. The van der Waals surface area contributed by atoms with Crippen LogP contribution in [0, 0.1) is 0 Å². The first-order valence-electron chi connectivity index (χ1n) is 19.1. The minimum atomic E-state index is -4.54. The summed E-state index contributed by atoms with van der Waals surface area (Å²) in [7, 11) is 0. The van der Waals surface area contributed by atoms with Gasteiger partial charge in [-0.2, -0.15) is 13.2 Å². The molecule has 0 fully saturated rings. The molecule has 0 saturated carbocycles. The number of aromatic nitrogens is 5. The van der Waals surface area contributed by atoms with Crippen LogP contribution in [-0.2, 0) is 6.18 Å². The van der Waals surface area contributed by atoms with E-state index in [-0.39, 0.29) is 0 Å². The first kappa shape index (κ1) is 35.7. The smallest absolute Gasteiger partial charge is 0.309 e. The highest BCUT2D eigenvalue weighted by molar-refractivity contribution is 6.10. The third-order valence-electron chi connectivity index (χ3n) is 10.5. The van der Waals surface area contributed by atoms with Crippen LogP contribution >= 0.6 is 0 Å². The van der Waals surface area contributed by atoms with Crippen molar-refractivity contribution in [1.82, 2.24) is 24.5 Å². The molecule has 5 nitrogen and oxygen atoms in total. The quantitative estimate of drug-likeness (QED) is 0.162. The molecular formula is C51H32F3N5. The molecule has 8 heteroatoms. The largest absolute Gasteiger partial charge is 0.416 e. The summed E-state index contributed by atoms with van der Waals surface area (Å²) in [5.74, 6) is 1.08. The van der Waals surface area contributed by atoms with Crippen LogP contribution in [0.25, 0.3) is 95.3 Å². The Balaban J connectivity index is 1.28. The van der Waals surface area contributed by atoms with E-state index in [1.165, 1.54) is 6.07 Å². The highest BCUT2D eigenvalue weighted by Gasteiger charge is 2.31. The van der Waals surface area contributed by atoms with Crippen molar-refractivity contribution in [2.75, 3.05) is 0 Å². The van der Waals surface area contributed by atoms with Gasteiger partial charge in [0, 0.05) is 44.2 Å². The zero-order chi connectivity index (χ0) is 39.9. The molecule has 7 aromatic carbocycles. The Morgan fingerprint density at radius 1 is 0.356 bits per heavy atom. The predicted molar refractivity (Wildman–Crippen MR) is 230 cm³/mol. The number of rotatable bonds is 7. The van der Waals surface area contributed by atoms with E-state index in [1.54, 1.807) is 6.07 Å². The zero-order valence-electron chi connectivity index (χ0n) is 31.3. The van der Waals surface area contributed by atoms with Crippen LogP contribution < -0.4 is 0 Å². The van der Waals surface area contributed by atoms with E-state index < -0.39 is 11.7 Å². The van der Waals surface area contributed by atoms with Crippen molar-refractivity contribution in [3.8, 4) is 73.5 Å². The second-order valence-corrected chi connectivity index (χ2v) is 14.2. The molecule has 0 bridgehead atoms. The van der Waals surface area contributed by atoms with Gasteiger partial charge in [-0.25, -0.2) is 19.9 Å². The van der Waals surface area contributed by atoms with Crippen molar-refractivity contribution in [1.29, 1.82) is 0 Å². The second-order valence-electron chi connectivity index (χ2n) is 14.2. The van der Waals surface area contributed by atoms with Crippen molar-refractivity contribution in [2.45, 2.75) is 6.18 Å². The molecule has 0 aliphatic heterocycles. The van der Waals surface area contributed by atoms with Crippen molar-refractivity contribution >= 4 is 21.8 Å². The summed E-state index contributed by atoms with van der Waals surface area (Å²) < 4.78 is 45.0. The van der Waals surface area contributed by atoms with E-state index in [0.29, 0.717) is 50.9 Å². The summed E-state index contributed by atoms with van der Waals surface area (Å²) in [6, 6.07) is 61.0. The minimum absolute atomic E-state index is 0.426.